The summed E-state index contributed by atoms with van der Waals surface area (Å²) in [5, 5.41) is 5.17. The molecule has 3 aromatic rings. The number of para-hydroxylation sites is 1. The zero-order chi connectivity index (χ0) is 21.9. The first-order chi connectivity index (χ1) is 15.7. The number of nitrogens with one attached hydrogen (secondary N) is 1. The van der Waals surface area contributed by atoms with Gasteiger partial charge in [0.1, 0.15) is 0 Å². The molecular weight excluding hydrogens is 398 g/mol. The molecule has 1 N–H and O–H groups in total. The first-order valence-corrected chi connectivity index (χ1v) is 11.7. The Bertz CT molecular complexity index is 1150. The standard InChI is InChI=1S/C27H29N3O2/c31-25(28-16-7-18-29-17-5-11-20-8-1-2-13-23(20)29)15-6-19-30-24-14-4-10-21-9-3-12-22(26(21)24)27(30)32/h1-4,8-10,12-14H,5-7,11,15-19H2,(H,28,31). The van der Waals surface area contributed by atoms with Crippen LogP contribution in [0.5, 0.6) is 0 Å². The molecule has 3 aromatic carbocycles. The Morgan fingerprint density at radius 1 is 0.906 bits per heavy atom. The van der Waals surface area contributed by atoms with E-state index in [-0.39, 0.29) is 11.8 Å². The largest absolute Gasteiger partial charge is 0.371 e. The highest BCUT2D eigenvalue weighted by Crippen LogP contribution is 2.37. The van der Waals surface area contributed by atoms with Crippen molar-refractivity contribution in [2.75, 3.05) is 36.0 Å². The average Bonchev–Trinajstić information content (AvgIpc) is 3.10. The van der Waals surface area contributed by atoms with Crippen molar-refractivity contribution in [2.45, 2.75) is 32.1 Å². The summed E-state index contributed by atoms with van der Waals surface area (Å²) >= 11 is 0. The normalized spacial score (nSPS) is 14.7. The van der Waals surface area contributed by atoms with Crippen LogP contribution in [0.3, 0.4) is 0 Å². The van der Waals surface area contributed by atoms with Crippen molar-refractivity contribution in [3.63, 3.8) is 0 Å². The highest BCUT2D eigenvalue weighted by Gasteiger charge is 2.29. The van der Waals surface area contributed by atoms with Crippen molar-refractivity contribution < 1.29 is 9.59 Å². The van der Waals surface area contributed by atoms with Crippen LogP contribution in [0.25, 0.3) is 10.8 Å². The number of nitrogens with zero attached hydrogens (tertiary/aromatic N) is 2. The van der Waals surface area contributed by atoms with Crippen LogP contribution in [-0.4, -0.2) is 38.0 Å². The van der Waals surface area contributed by atoms with Crippen molar-refractivity contribution in [3.05, 3.63) is 71.8 Å². The summed E-state index contributed by atoms with van der Waals surface area (Å²) in [5.74, 6) is 0.102. The van der Waals surface area contributed by atoms with Crippen LogP contribution in [0, 0.1) is 0 Å². The number of amides is 2. The number of fused-ring (bicyclic) bond motifs is 1. The van der Waals surface area contributed by atoms with E-state index in [2.05, 4.69) is 34.5 Å². The fourth-order valence-electron chi connectivity index (χ4n) is 5.03. The Morgan fingerprint density at radius 3 is 2.62 bits per heavy atom. The van der Waals surface area contributed by atoms with E-state index in [9.17, 15) is 9.59 Å². The molecule has 0 atom stereocenters. The molecule has 0 unspecified atom stereocenters. The molecule has 5 heteroatoms. The maximum Gasteiger partial charge on any atom is 0.258 e. The van der Waals surface area contributed by atoms with E-state index in [0.717, 1.165) is 48.0 Å². The monoisotopic (exact) mass is 427 g/mol. The lowest BCUT2D eigenvalue weighted by molar-refractivity contribution is -0.121. The molecule has 2 aliphatic heterocycles. The van der Waals surface area contributed by atoms with Gasteiger partial charge < -0.3 is 15.1 Å². The number of carbonyl (C=O) groups excluding carboxylic acids is 2. The predicted molar refractivity (Wildman–Crippen MR) is 129 cm³/mol. The Labute approximate surface area is 189 Å². The van der Waals surface area contributed by atoms with E-state index in [1.54, 1.807) is 0 Å². The van der Waals surface area contributed by atoms with E-state index >= 15 is 0 Å². The minimum absolute atomic E-state index is 0.0408. The summed E-state index contributed by atoms with van der Waals surface area (Å²) in [6.07, 6.45) is 4.37. The quantitative estimate of drug-likeness (QED) is 0.537. The third-order valence-corrected chi connectivity index (χ3v) is 6.57. The van der Waals surface area contributed by atoms with E-state index in [0.29, 0.717) is 25.9 Å². The summed E-state index contributed by atoms with van der Waals surface area (Å²) < 4.78 is 0. The summed E-state index contributed by atoms with van der Waals surface area (Å²) in [4.78, 5) is 29.4. The number of carbonyl (C=O) groups is 2. The number of rotatable bonds is 8. The molecule has 5 nitrogen and oxygen atoms in total. The number of hydrogen-bond donors (Lipinski definition) is 1. The van der Waals surface area contributed by atoms with Crippen molar-refractivity contribution in [1.29, 1.82) is 0 Å². The lowest BCUT2D eigenvalue weighted by Crippen LogP contribution is -2.33. The second kappa shape index (κ2) is 9.03. The Hall–Kier alpha value is -3.34. The third kappa shape index (κ3) is 3.95. The summed E-state index contributed by atoms with van der Waals surface area (Å²) in [7, 11) is 0. The van der Waals surface area contributed by atoms with Gasteiger partial charge in [-0.05, 0) is 54.8 Å². The van der Waals surface area contributed by atoms with Gasteiger partial charge in [-0.15, -0.1) is 0 Å². The molecule has 2 aliphatic rings. The van der Waals surface area contributed by atoms with Gasteiger partial charge in [0.2, 0.25) is 5.91 Å². The Kier molecular flexibility index (Phi) is 5.80. The van der Waals surface area contributed by atoms with Gasteiger partial charge in [0, 0.05) is 49.2 Å². The zero-order valence-corrected chi connectivity index (χ0v) is 18.3. The smallest absolute Gasteiger partial charge is 0.258 e. The van der Waals surface area contributed by atoms with E-state index in [4.69, 9.17) is 0 Å². The van der Waals surface area contributed by atoms with Gasteiger partial charge >= 0.3 is 0 Å². The lowest BCUT2D eigenvalue weighted by atomic mass is 10.0. The Morgan fingerprint density at radius 2 is 1.72 bits per heavy atom. The SMILES string of the molecule is O=C(CCCN1C(=O)c2cccc3cccc1c23)NCCCN1CCCc2ccccc21. The van der Waals surface area contributed by atoms with Gasteiger partial charge in [-0.3, -0.25) is 9.59 Å². The molecule has 0 radical (unpaired) electrons. The first-order valence-electron chi connectivity index (χ1n) is 11.7. The molecule has 2 amide bonds. The zero-order valence-electron chi connectivity index (χ0n) is 18.3. The second-order valence-electron chi connectivity index (χ2n) is 8.66. The van der Waals surface area contributed by atoms with E-state index < -0.39 is 0 Å². The van der Waals surface area contributed by atoms with Gasteiger partial charge in [-0.25, -0.2) is 0 Å². The lowest BCUT2D eigenvalue weighted by Gasteiger charge is -2.31. The van der Waals surface area contributed by atoms with Crippen LogP contribution in [0.1, 0.15) is 41.6 Å². The number of hydrogen-bond acceptors (Lipinski definition) is 3. The number of anilines is 2. The maximum absolute atomic E-state index is 12.8. The highest BCUT2D eigenvalue weighted by molar-refractivity contribution is 6.25. The van der Waals surface area contributed by atoms with Crippen molar-refractivity contribution in [1.82, 2.24) is 5.32 Å². The van der Waals surface area contributed by atoms with Crippen LogP contribution in [0.2, 0.25) is 0 Å². The molecule has 0 aliphatic carbocycles. The van der Waals surface area contributed by atoms with Gasteiger partial charge in [-0.2, -0.15) is 0 Å². The van der Waals surface area contributed by atoms with Crippen LogP contribution < -0.4 is 15.1 Å². The van der Waals surface area contributed by atoms with Gasteiger partial charge in [0.25, 0.3) is 5.91 Å². The topological polar surface area (TPSA) is 52.7 Å². The molecule has 0 spiro atoms. The first kappa shape index (κ1) is 20.6. The molecule has 0 fully saturated rings. The van der Waals surface area contributed by atoms with Crippen LogP contribution >= 0.6 is 0 Å². The van der Waals surface area contributed by atoms with Crippen LogP contribution in [-0.2, 0) is 11.2 Å². The van der Waals surface area contributed by atoms with Crippen molar-refractivity contribution >= 4 is 34.0 Å². The average molecular weight is 428 g/mol. The van der Waals surface area contributed by atoms with E-state index in [1.165, 1.54) is 17.7 Å². The summed E-state index contributed by atoms with van der Waals surface area (Å²) in [6, 6.07) is 20.5. The molecule has 164 valence electrons. The molecule has 0 bridgehead atoms. The van der Waals surface area contributed by atoms with Crippen LogP contribution in [0.4, 0.5) is 11.4 Å². The number of benzene rings is 3. The molecular formula is C27H29N3O2. The fourth-order valence-corrected chi connectivity index (χ4v) is 5.03. The molecule has 32 heavy (non-hydrogen) atoms. The Balaban J connectivity index is 1.07. The number of aryl methyl sites for hydroxylation is 1. The van der Waals surface area contributed by atoms with Gasteiger partial charge in [0.05, 0.1) is 5.69 Å². The maximum atomic E-state index is 12.8. The van der Waals surface area contributed by atoms with E-state index in [1.807, 2.05) is 41.3 Å². The molecule has 5 rings (SSSR count). The van der Waals surface area contributed by atoms with Gasteiger partial charge in [-0.1, -0.05) is 42.5 Å². The van der Waals surface area contributed by atoms with Crippen molar-refractivity contribution in [3.8, 4) is 0 Å². The minimum Gasteiger partial charge on any atom is -0.371 e. The second-order valence-corrected chi connectivity index (χ2v) is 8.66. The van der Waals surface area contributed by atoms with Crippen LogP contribution in [0.15, 0.2) is 60.7 Å². The molecule has 0 saturated heterocycles. The fraction of sp³-hybridized carbons (Fsp3) is 0.333. The van der Waals surface area contributed by atoms with Gasteiger partial charge in [0.15, 0.2) is 0 Å². The third-order valence-electron chi connectivity index (χ3n) is 6.57. The minimum atomic E-state index is 0.0408. The molecule has 2 heterocycles. The highest BCUT2D eigenvalue weighted by atomic mass is 16.2. The molecule has 0 aromatic heterocycles. The summed E-state index contributed by atoms with van der Waals surface area (Å²) in [6.45, 7) is 3.29. The molecule has 0 saturated carbocycles. The summed E-state index contributed by atoms with van der Waals surface area (Å²) in [5.41, 5.74) is 4.50. The predicted octanol–water partition coefficient (Wildman–Crippen LogP) is 4.54. The van der Waals surface area contributed by atoms with Crippen molar-refractivity contribution in [2.24, 2.45) is 0 Å².